The molecule has 0 radical (unpaired) electrons. The van der Waals surface area contributed by atoms with Crippen LogP contribution in [0.25, 0.3) is 10.2 Å². The Morgan fingerprint density at radius 3 is 2.64 bits per heavy atom. The van der Waals surface area contributed by atoms with E-state index in [-0.39, 0.29) is 30.3 Å². The molecule has 28 heavy (non-hydrogen) atoms. The van der Waals surface area contributed by atoms with Crippen LogP contribution < -0.4 is 4.80 Å². The summed E-state index contributed by atoms with van der Waals surface area (Å²) in [5.74, 6) is -0.347. The van der Waals surface area contributed by atoms with Crippen molar-refractivity contribution in [2.45, 2.75) is 32.1 Å². The van der Waals surface area contributed by atoms with E-state index in [0.717, 1.165) is 15.8 Å². The average molecular weight is 437 g/mol. The number of hydrogen-bond donors (Lipinski definition) is 0. The van der Waals surface area contributed by atoms with E-state index >= 15 is 0 Å². The first kappa shape index (κ1) is 20.8. The van der Waals surface area contributed by atoms with Crippen molar-refractivity contribution in [1.29, 1.82) is 0 Å². The highest BCUT2D eigenvalue weighted by Gasteiger charge is 2.13. The van der Waals surface area contributed by atoms with E-state index in [4.69, 9.17) is 11.6 Å². The van der Waals surface area contributed by atoms with Crippen molar-refractivity contribution >= 4 is 48.9 Å². The summed E-state index contributed by atoms with van der Waals surface area (Å²) in [5.41, 5.74) is 1.74. The molecule has 1 amide bonds. The quantitative estimate of drug-likeness (QED) is 0.557. The van der Waals surface area contributed by atoms with Gasteiger partial charge in [-0.15, -0.1) is 0 Å². The number of nitrogens with zero attached hydrogens (tertiary/aromatic N) is 2. The van der Waals surface area contributed by atoms with E-state index in [2.05, 4.69) is 4.99 Å². The van der Waals surface area contributed by atoms with Gasteiger partial charge in [-0.25, -0.2) is 8.42 Å². The Bertz CT molecular complexity index is 1150. The Morgan fingerprint density at radius 2 is 1.93 bits per heavy atom. The number of sulfone groups is 1. The third-order valence-electron chi connectivity index (χ3n) is 4.26. The van der Waals surface area contributed by atoms with Gasteiger partial charge in [-0.3, -0.25) is 4.79 Å². The van der Waals surface area contributed by atoms with E-state index in [1.807, 2.05) is 47.9 Å². The fourth-order valence-electron chi connectivity index (χ4n) is 2.94. The summed E-state index contributed by atoms with van der Waals surface area (Å²) < 4.78 is 27.4. The zero-order valence-corrected chi connectivity index (χ0v) is 17.9. The first-order valence-corrected chi connectivity index (χ1v) is 12.0. The van der Waals surface area contributed by atoms with Crippen molar-refractivity contribution < 1.29 is 13.2 Å². The second-order valence-electron chi connectivity index (χ2n) is 6.43. The Morgan fingerprint density at radius 1 is 1.18 bits per heavy atom. The van der Waals surface area contributed by atoms with Crippen molar-refractivity contribution in [1.82, 2.24) is 4.57 Å². The molecule has 0 bridgehead atoms. The van der Waals surface area contributed by atoms with Gasteiger partial charge in [0.1, 0.15) is 0 Å². The van der Waals surface area contributed by atoms with Crippen LogP contribution in [0.2, 0.25) is 5.02 Å². The third kappa shape index (κ3) is 5.31. The van der Waals surface area contributed by atoms with Crippen LogP contribution in [-0.2, 0) is 26.9 Å². The molecule has 0 atom stereocenters. The monoisotopic (exact) mass is 436 g/mol. The van der Waals surface area contributed by atoms with Gasteiger partial charge in [-0.1, -0.05) is 53.3 Å². The summed E-state index contributed by atoms with van der Waals surface area (Å²) in [6.07, 6.45) is 0.368. The van der Waals surface area contributed by atoms with Crippen LogP contribution in [0.15, 0.2) is 53.5 Å². The predicted molar refractivity (Wildman–Crippen MR) is 114 cm³/mol. The first-order valence-electron chi connectivity index (χ1n) is 8.99. The maximum absolute atomic E-state index is 12.3. The maximum Gasteiger partial charge on any atom is 0.248 e. The molecule has 2 aromatic carbocycles. The molecule has 1 aromatic heterocycles. The van der Waals surface area contributed by atoms with Crippen LogP contribution in [0.4, 0.5) is 0 Å². The summed E-state index contributed by atoms with van der Waals surface area (Å²) in [4.78, 5) is 17.1. The largest absolute Gasteiger partial charge is 0.317 e. The lowest BCUT2D eigenvalue weighted by Gasteiger charge is -2.03. The summed E-state index contributed by atoms with van der Waals surface area (Å²) >= 11 is 7.45. The van der Waals surface area contributed by atoms with E-state index in [0.29, 0.717) is 16.4 Å². The minimum absolute atomic E-state index is 0.00786. The van der Waals surface area contributed by atoms with Gasteiger partial charge in [0.15, 0.2) is 14.6 Å². The van der Waals surface area contributed by atoms with Crippen molar-refractivity contribution in [3.63, 3.8) is 0 Å². The highest BCUT2D eigenvalue weighted by atomic mass is 35.5. The first-order chi connectivity index (χ1) is 13.4. The van der Waals surface area contributed by atoms with Crippen LogP contribution >= 0.6 is 22.9 Å². The van der Waals surface area contributed by atoms with E-state index in [1.54, 1.807) is 12.1 Å². The van der Waals surface area contributed by atoms with E-state index < -0.39 is 9.84 Å². The van der Waals surface area contributed by atoms with Gasteiger partial charge in [0.05, 0.1) is 21.7 Å². The van der Waals surface area contributed by atoms with Crippen LogP contribution in [0, 0.1) is 0 Å². The summed E-state index contributed by atoms with van der Waals surface area (Å²) in [7, 11) is -3.25. The molecule has 0 fully saturated rings. The molecule has 1 heterocycles. The molecule has 5 nitrogen and oxygen atoms in total. The van der Waals surface area contributed by atoms with Gasteiger partial charge in [-0.05, 0) is 37.1 Å². The number of aryl methyl sites for hydroxylation is 1. The van der Waals surface area contributed by atoms with Crippen molar-refractivity contribution in [3.05, 3.63) is 63.9 Å². The molecule has 0 aliphatic heterocycles. The van der Waals surface area contributed by atoms with E-state index in [1.165, 1.54) is 11.3 Å². The molecule has 0 N–H and O–H groups in total. The normalized spacial score (nSPS) is 12.6. The molecular formula is C20H21ClN2O3S2. The van der Waals surface area contributed by atoms with Gasteiger partial charge in [0.25, 0.3) is 0 Å². The number of carbonyl (C=O) groups is 1. The molecule has 0 saturated heterocycles. The molecule has 8 heteroatoms. The van der Waals surface area contributed by atoms with Gasteiger partial charge < -0.3 is 4.57 Å². The fraction of sp³-hybridized carbons (Fsp3) is 0.300. The van der Waals surface area contributed by atoms with Crippen LogP contribution in [-0.4, -0.2) is 24.6 Å². The van der Waals surface area contributed by atoms with Gasteiger partial charge in [0, 0.05) is 18.0 Å². The Labute approximate surface area is 173 Å². The Kier molecular flexibility index (Phi) is 6.69. The smallest absolute Gasteiger partial charge is 0.248 e. The molecule has 0 spiro atoms. The zero-order valence-electron chi connectivity index (χ0n) is 15.5. The fourth-order valence-corrected chi connectivity index (χ4v) is 5.76. The topological polar surface area (TPSA) is 68.5 Å². The number of hydrogen-bond acceptors (Lipinski definition) is 4. The van der Waals surface area contributed by atoms with Crippen molar-refractivity contribution in [3.8, 4) is 0 Å². The number of fused-ring (bicyclic) bond motifs is 1. The Hall–Kier alpha value is -1.96. The lowest BCUT2D eigenvalue weighted by Crippen LogP contribution is -2.16. The van der Waals surface area contributed by atoms with Crippen LogP contribution in [0.3, 0.4) is 0 Å². The summed E-state index contributed by atoms with van der Waals surface area (Å²) in [6, 6.07) is 14.6. The number of amides is 1. The van der Waals surface area contributed by atoms with Crippen LogP contribution in [0.1, 0.15) is 25.3 Å². The second kappa shape index (κ2) is 9.03. The summed E-state index contributed by atoms with van der Waals surface area (Å²) in [5, 5.41) is 0.638. The van der Waals surface area contributed by atoms with Crippen LogP contribution in [0.5, 0.6) is 0 Å². The number of aromatic nitrogens is 1. The highest BCUT2D eigenvalue weighted by Crippen LogP contribution is 2.21. The molecule has 0 saturated carbocycles. The minimum Gasteiger partial charge on any atom is -0.317 e. The lowest BCUT2D eigenvalue weighted by atomic mass is 10.2. The lowest BCUT2D eigenvalue weighted by molar-refractivity contribution is -0.118. The molecule has 0 aliphatic rings. The standard InChI is InChI=1S/C20H21ClN2O3S2/c1-2-23-17-11-10-16(21)13-18(17)27-20(23)22-19(24)9-6-12-28(25,26)14-15-7-4-3-5-8-15/h3-5,7-8,10-11,13H,2,6,9,12,14H2,1H3. The number of benzene rings is 2. The zero-order chi connectivity index (χ0) is 20.1. The molecule has 148 valence electrons. The second-order valence-corrected chi connectivity index (χ2v) is 10.1. The SMILES string of the molecule is CCn1c(=NC(=O)CCCS(=O)(=O)Cc2ccccc2)sc2cc(Cl)ccc21. The molecule has 3 rings (SSSR count). The predicted octanol–water partition coefficient (Wildman–Crippen LogP) is 4.20. The number of thiazole rings is 1. The van der Waals surface area contributed by atoms with Gasteiger partial charge >= 0.3 is 0 Å². The molecule has 3 aromatic rings. The van der Waals surface area contributed by atoms with Crippen molar-refractivity contribution in [2.24, 2.45) is 4.99 Å². The molecule has 0 aliphatic carbocycles. The highest BCUT2D eigenvalue weighted by molar-refractivity contribution is 7.90. The number of rotatable bonds is 7. The molecule has 0 unspecified atom stereocenters. The average Bonchev–Trinajstić information content (AvgIpc) is 2.97. The minimum atomic E-state index is -3.25. The maximum atomic E-state index is 12.3. The Balaban J connectivity index is 1.66. The van der Waals surface area contributed by atoms with E-state index in [9.17, 15) is 13.2 Å². The molecular weight excluding hydrogens is 416 g/mol. The third-order valence-corrected chi connectivity index (χ3v) is 7.22. The summed E-state index contributed by atoms with van der Waals surface area (Å²) in [6.45, 7) is 2.67. The van der Waals surface area contributed by atoms with Gasteiger partial charge in [-0.2, -0.15) is 4.99 Å². The van der Waals surface area contributed by atoms with Crippen molar-refractivity contribution in [2.75, 3.05) is 5.75 Å². The van der Waals surface area contributed by atoms with Gasteiger partial charge in [0.2, 0.25) is 5.91 Å². The number of carbonyl (C=O) groups excluding carboxylic acids is 1. The number of halogens is 1.